The molecule has 1 saturated heterocycles. The molecular weight excluding hydrogens is 258 g/mol. The average Bonchev–Trinajstić information content (AvgIpc) is 2.98. The Labute approximate surface area is 118 Å². The Morgan fingerprint density at radius 1 is 1.35 bits per heavy atom. The van der Waals surface area contributed by atoms with Crippen LogP contribution in [0.4, 0.5) is 5.82 Å². The molecule has 0 aromatic carbocycles. The lowest BCUT2D eigenvalue weighted by atomic mass is 10.2. The van der Waals surface area contributed by atoms with Crippen LogP contribution in [0.25, 0.3) is 0 Å². The maximum Gasteiger partial charge on any atom is 0.339 e. The van der Waals surface area contributed by atoms with Gasteiger partial charge in [-0.2, -0.15) is 0 Å². The summed E-state index contributed by atoms with van der Waals surface area (Å²) in [5.41, 5.74) is 1.01. The van der Waals surface area contributed by atoms with E-state index in [9.17, 15) is 9.59 Å². The molecule has 1 aromatic heterocycles. The Kier molecular flexibility index (Phi) is 4.55. The lowest BCUT2D eigenvalue weighted by Gasteiger charge is -2.16. The lowest BCUT2D eigenvalue weighted by molar-refractivity contribution is -0.128. The van der Waals surface area contributed by atoms with Crippen LogP contribution in [-0.4, -0.2) is 48.5 Å². The number of anilines is 1. The number of hydrogen-bond donors (Lipinski definition) is 1. The fourth-order valence-corrected chi connectivity index (χ4v) is 2.23. The molecule has 0 bridgehead atoms. The third kappa shape index (κ3) is 3.26. The van der Waals surface area contributed by atoms with Gasteiger partial charge in [0.25, 0.3) is 0 Å². The van der Waals surface area contributed by atoms with E-state index in [1.54, 1.807) is 19.1 Å². The van der Waals surface area contributed by atoms with Crippen molar-refractivity contribution in [2.75, 3.05) is 32.1 Å². The van der Waals surface area contributed by atoms with Crippen LogP contribution in [0.3, 0.4) is 0 Å². The van der Waals surface area contributed by atoms with E-state index < -0.39 is 5.97 Å². The number of carbonyl (C=O) groups excluding carboxylic acids is 2. The van der Waals surface area contributed by atoms with Gasteiger partial charge in [-0.15, -0.1) is 0 Å². The third-order valence-corrected chi connectivity index (χ3v) is 3.37. The average molecular weight is 277 g/mol. The summed E-state index contributed by atoms with van der Waals surface area (Å²) in [7, 11) is 1.34. The van der Waals surface area contributed by atoms with Crippen LogP contribution in [-0.2, 0) is 9.53 Å². The molecule has 1 aliphatic rings. The predicted octanol–water partition coefficient (Wildman–Crippen LogP) is 1.21. The van der Waals surface area contributed by atoms with E-state index in [0.29, 0.717) is 17.1 Å². The van der Waals surface area contributed by atoms with Gasteiger partial charge in [-0.05, 0) is 31.9 Å². The topological polar surface area (TPSA) is 71.5 Å². The Bertz CT molecular complexity index is 510. The molecule has 1 aromatic rings. The lowest BCUT2D eigenvalue weighted by Crippen LogP contribution is -2.33. The quantitative estimate of drug-likeness (QED) is 0.838. The second-order valence-electron chi connectivity index (χ2n) is 4.76. The standard InChI is InChI=1S/C14H19N3O3/c1-10-11(14(19)20-2)5-6-12(16-10)15-9-13(18)17-7-3-4-8-17/h5-6H,3-4,7-9H2,1-2H3,(H,15,16). The van der Waals surface area contributed by atoms with Gasteiger partial charge in [-0.1, -0.05) is 0 Å². The van der Waals surface area contributed by atoms with E-state index in [4.69, 9.17) is 0 Å². The van der Waals surface area contributed by atoms with Crippen LogP contribution in [0, 0.1) is 6.92 Å². The number of aromatic nitrogens is 1. The monoisotopic (exact) mass is 277 g/mol. The number of likely N-dealkylation sites (tertiary alicyclic amines) is 1. The van der Waals surface area contributed by atoms with E-state index in [-0.39, 0.29) is 12.5 Å². The van der Waals surface area contributed by atoms with E-state index in [2.05, 4.69) is 15.0 Å². The number of carbonyl (C=O) groups is 2. The fourth-order valence-electron chi connectivity index (χ4n) is 2.23. The zero-order chi connectivity index (χ0) is 14.5. The molecule has 108 valence electrons. The largest absolute Gasteiger partial charge is 0.465 e. The van der Waals surface area contributed by atoms with Crippen LogP contribution in [0.1, 0.15) is 28.9 Å². The molecule has 0 radical (unpaired) electrons. The van der Waals surface area contributed by atoms with Crippen LogP contribution in [0.2, 0.25) is 0 Å². The van der Waals surface area contributed by atoms with Gasteiger partial charge >= 0.3 is 5.97 Å². The second kappa shape index (κ2) is 6.36. The molecule has 1 fully saturated rings. The summed E-state index contributed by atoms with van der Waals surface area (Å²) in [6, 6.07) is 3.33. The highest BCUT2D eigenvalue weighted by Crippen LogP contribution is 2.12. The van der Waals surface area contributed by atoms with E-state index in [0.717, 1.165) is 25.9 Å². The molecule has 2 heterocycles. The molecule has 6 nitrogen and oxygen atoms in total. The number of rotatable bonds is 4. The van der Waals surface area contributed by atoms with Gasteiger partial charge in [0.1, 0.15) is 5.82 Å². The highest BCUT2D eigenvalue weighted by Gasteiger charge is 2.17. The van der Waals surface area contributed by atoms with Gasteiger partial charge in [0.2, 0.25) is 5.91 Å². The maximum atomic E-state index is 11.9. The highest BCUT2D eigenvalue weighted by atomic mass is 16.5. The Balaban J connectivity index is 1.95. The van der Waals surface area contributed by atoms with Crippen LogP contribution in [0.15, 0.2) is 12.1 Å². The van der Waals surface area contributed by atoms with Crippen LogP contribution < -0.4 is 5.32 Å². The van der Waals surface area contributed by atoms with Crippen molar-refractivity contribution in [3.05, 3.63) is 23.4 Å². The van der Waals surface area contributed by atoms with Gasteiger partial charge in [-0.25, -0.2) is 9.78 Å². The zero-order valence-electron chi connectivity index (χ0n) is 11.8. The molecule has 2 rings (SSSR count). The van der Waals surface area contributed by atoms with Crippen molar-refractivity contribution in [1.82, 2.24) is 9.88 Å². The number of aryl methyl sites for hydroxylation is 1. The van der Waals surface area contributed by atoms with Crippen molar-refractivity contribution in [3.63, 3.8) is 0 Å². The first-order valence-electron chi connectivity index (χ1n) is 6.69. The molecule has 1 amide bonds. The molecular formula is C14H19N3O3. The van der Waals surface area contributed by atoms with Crippen molar-refractivity contribution in [2.24, 2.45) is 0 Å². The minimum atomic E-state index is -0.408. The Hall–Kier alpha value is -2.11. The summed E-state index contributed by atoms with van der Waals surface area (Å²) in [6.07, 6.45) is 2.16. The summed E-state index contributed by atoms with van der Waals surface area (Å²) in [5, 5.41) is 2.99. The van der Waals surface area contributed by atoms with Crippen molar-refractivity contribution in [1.29, 1.82) is 0 Å². The number of ether oxygens (including phenoxy) is 1. The first-order valence-corrected chi connectivity index (χ1v) is 6.69. The molecule has 0 aliphatic carbocycles. The number of esters is 1. The number of pyridine rings is 1. The van der Waals surface area contributed by atoms with Crippen molar-refractivity contribution >= 4 is 17.7 Å². The molecule has 1 aliphatic heterocycles. The van der Waals surface area contributed by atoms with Crippen LogP contribution >= 0.6 is 0 Å². The van der Waals surface area contributed by atoms with Gasteiger partial charge in [0.05, 0.1) is 24.9 Å². The summed E-state index contributed by atoms with van der Waals surface area (Å²) in [4.78, 5) is 29.4. The Morgan fingerprint density at radius 2 is 2.05 bits per heavy atom. The molecule has 0 atom stereocenters. The summed E-state index contributed by atoms with van der Waals surface area (Å²) in [6.45, 7) is 3.65. The Morgan fingerprint density at radius 3 is 2.65 bits per heavy atom. The van der Waals surface area contributed by atoms with Gasteiger partial charge in [0.15, 0.2) is 0 Å². The highest BCUT2D eigenvalue weighted by molar-refractivity contribution is 5.90. The number of nitrogens with one attached hydrogen (secondary N) is 1. The zero-order valence-corrected chi connectivity index (χ0v) is 11.8. The van der Waals surface area contributed by atoms with Gasteiger partial charge < -0.3 is 15.0 Å². The van der Waals surface area contributed by atoms with E-state index >= 15 is 0 Å². The van der Waals surface area contributed by atoms with Crippen LogP contribution in [0.5, 0.6) is 0 Å². The van der Waals surface area contributed by atoms with Crippen molar-refractivity contribution in [2.45, 2.75) is 19.8 Å². The molecule has 0 spiro atoms. The first-order chi connectivity index (χ1) is 9.61. The van der Waals surface area contributed by atoms with Gasteiger partial charge in [0, 0.05) is 13.1 Å². The van der Waals surface area contributed by atoms with Crippen molar-refractivity contribution < 1.29 is 14.3 Å². The summed E-state index contributed by atoms with van der Waals surface area (Å²) >= 11 is 0. The molecule has 0 unspecified atom stereocenters. The smallest absolute Gasteiger partial charge is 0.339 e. The molecule has 20 heavy (non-hydrogen) atoms. The van der Waals surface area contributed by atoms with E-state index in [1.165, 1.54) is 7.11 Å². The number of methoxy groups -OCH3 is 1. The SMILES string of the molecule is COC(=O)c1ccc(NCC(=O)N2CCCC2)nc1C. The predicted molar refractivity (Wildman–Crippen MR) is 74.6 cm³/mol. The van der Waals surface area contributed by atoms with E-state index in [1.807, 2.05) is 4.90 Å². The summed E-state index contributed by atoms with van der Waals surface area (Å²) < 4.78 is 4.66. The summed E-state index contributed by atoms with van der Waals surface area (Å²) in [5.74, 6) is 0.261. The second-order valence-corrected chi connectivity index (χ2v) is 4.76. The van der Waals surface area contributed by atoms with Crippen molar-refractivity contribution in [3.8, 4) is 0 Å². The number of amides is 1. The normalized spacial score (nSPS) is 14.2. The number of nitrogens with zero attached hydrogens (tertiary/aromatic N) is 2. The number of hydrogen-bond acceptors (Lipinski definition) is 5. The molecule has 0 saturated carbocycles. The molecule has 1 N–H and O–H groups in total. The minimum Gasteiger partial charge on any atom is -0.465 e. The third-order valence-electron chi connectivity index (χ3n) is 3.37. The molecule has 6 heteroatoms. The first kappa shape index (κ1) is 14.3. The minimum absolute atomic E-state index is 0.0824. The van der Waals surface area contributed by atoms with Gasteiger partial charge in [-0.3, -0.25) is 4.79 Å². The maximum absolute atomic E-state index is 11.9. The fraction of sp³-hybridized carbons (Fsp3) is 0.500.